The zero-order chi connectivity index (χ0) is 9.35. The second-order valence-corrected chi connectivity index (χ2v) is 5.12. The van der Waals surface area contributed by atoms with Crippen LogP contribution in [0.2, 0.25) is 0 Å². The van der Waals surface area contributed by atoms with Gasteiger partial charge in [0.2, 0.25) is 0 Å². The standard InChI is InChI=1S/C6H4Br2O3S.Cs/c7-5-2-1-4(3-6(5)8)12(9,10)11;/h1-3H,(H,9,10,11);/q;+1/p-1. The third-order valence-electron chi connectivity index (χ3n) is 1.18. The van der Waals surface area contributed by atoms with Crippen LogP contribution in [0.25, 0.3) is 0 Å². The summed E-state index contributed by atoms with van der Waals surface area (Å²) in [6, 6.07) is 4.00. The molecule has 0 radical (unpaired) electrons. The fourth-order valence-electron chi connectivity index (χ4n) is 0.632. The Hall–Kier alpha value is 2.14. The van der Waals surface area contributed by atoms with Crippen LogP contribution in [0.4, 0.5) is 0 Å². The van der Waals surface area contributed by atoms with Crippen LogP contribution in [0, 0.1) is 0 Å². The van der Waals surface area contributed by atoms with Gasteiger partial charge in [0.15, 0.2) is 0 Å². The van der Waals surface area contributed by atoms with Crippen LogP contribution in [-0.2, 0) is 10.1 Å². The summed E-state index contributed by atoms with van der Waals surface area (Å²) in [5, 5.41) is 0. The minimum atomic E-state index is -4.34. The Morgan fingerprint density at radius 3 is 2.08 bits per heavy atom. The predicted molar refractivity (Wildman–Crippen MR) is 49.8 cm³/mol. The average molecular weight is 448 g/mol. The molecule has 0 N–H and O–H groups in total. The van der Waals surface area contributed by atoms with Gasteiger partial charge in [0.25, 0.3) is 0 Å². The molecule has 1 rings (SSSR count). The molecule has 0 spiro atoms. The van der Waals surface area contributed by atoms with Gasteiger partial charge in [0.05, 0.1) is 4.90 Å². The van der Waals surface area contributed by atoms with Crippen LogP contribution in [0.5, 0.6) is 0 Å². The maximum Gasteiger partial charge on any atom is 1.00 e. The molecule has 7 heteroatoms. The summed E-state index contributed by atoms with van der Waals surface area (Å²) < 4.78 is 32.8. The van der Waals surface area contributed by atoms with Crippen molar-refractivity contribution in [2.75, 3.05) is 0 Å². The number of rotatable bonds is 1. The van der Waals surface area contributed by atoms with Gasteiger partial charge < -0.3 is 4.55 Å². The van der Waals surface area contributed by atoms with E-state index in [-0.39, 0.29) is 73.8 Å². The van der Waals surface area contributed by atoms with Gasteiger partial charge in [-0.3, -0.25) is 0 Å². The van der Waals surface area contributed by atoms with Crippen molar-refractivity contribution in [3.05, 3.63) is 27.1 Å². The van der Waals surface area contributed by atoms with Crippen molar-refractivity contribution in [1.82, 2.24) is 0 Å². The third kappa shape index (κ3) is 4.66. The molecule has 0 amide bonds. The van der Waals surface area contributed by atoms with Crippen molar-refractivity contribution >= 4 is 42.0 Å². The summed E-state index contributed by atoms with van der Waals surface area (Å²) in [5.41, 5.74) is 0. The van der Waals surface area contributed by atoms with Gasteiger partial charge in [-0.1, -0.05) is 0 Å². The van der Waals surface area contributed by atoms with Crippen molar-refractivity contribution in [3.63, 3.8) is 0 Å². The Labute approximate surface area is 152 Å². The van der Waals surface area contributed by atoms with E-state index in [4.69, 9.17) is 0 Å². The molecule has 1 aromatic rings. The zero-order valence-corrected chi connectivity index (χ0v) is 16.9. The van der Waals surface area contributed by atoms with Crippen LogP contribution in [-0.4, -0.2) is 13.0 Å². The van der Waals surface area contributed by atoms with Gasteiger partial charge in [0.1, 0.15) is 10.1 Å². The van der Waals surface area contributed by atoms with Crippen LogP contribution >= 0.6 is 31.9 Å². The fraction of sp³-hybridized carbons (Fsp3) is 0. The molecule has 0 bridgehead atoms. The van der Waals surface area contributed by atoms with Gasteiger partial charge in [-0.25, -0.2) is 8.42 Å². The van der Waals surface area contributed by atoms with Gasteiger partial charge in [0, 0.05) is 8.95 Å². The average Bonchev–Trinajstić information content (AvgIpc) is 1.92. The van der Waals surface area contributed by atoms with E-state index in [1.807, 2.05) is 0 Å². The Morgan fingerprint density at radius 2 is 1.69 bits per heavy atom. The van der Waals surface area contributed by atoms with Crippen molar-refractivity contribution in [2.45, 2.75) is 4.90 Å². The van der Waals surface area contributed by atoms with E-state index in [1.165, 1.54) is 18.2 Å². The van der Waals surface area contributed by atoms with Crippen LogP contribution in [0.15, 0.2) is 32.0 Å². The minimum Gasteiger partial charge on any atom is -0.744 e. The van der Waals surface area contributed by atoms with Crippen LogP contribution < -0.4 is 68.9 Å². The molecule has 0 saturated carbocycles. The van der Waals surface area contributed by atoms with Crippen LogP contribution in [0.3, 0.4) is 0 Å². The molecule has 0 fully saturated rings. The summed E-state index contributed by atoms with van der Waals surface area (Å²) in [4.78, 5) is -0.238. The molecule has 0 aliphatic heterocycles. The first-order valence-corrected chi connectivity index (χ1v) is 5.81. The van der Waals surface area contributed by atoms with Gasteiger partial charge >= 0.3 is 68.9 Å². The molecule has 13 heavy (non-hydrogen) atoms. The van der Waals surface area contributed by atoms with E-state index in [0.29, 0.717) is 8.95 Å². The van der Waals surface area contributed by atoms with Gasteiger partial charge in [-0.2, -0.15) is 0 Å². The smallest absolute Gasteiger partial charge is 0.744 e. The number of hydrogen-bond acceptors (Lipinski definition) is 3. The molecule has 0 atom stereocenters. The van der Waals surface area contributed by atoms with E-state index in [9.17, 15) is 13.0 Å². The van der Waals surface area contributed by atoms with E-state index < -0.39 is 10.1 Å². The molecular weight excluding hydrogens is 445 g/mol. The molecule has 0 aromatic heterocycles. The van der Waals surface area contributed by atoms with E-state index >= 15 is 0 Å². The normalized spacial score (nSPS) is 10.7. The Morgan fingerprint density at radius 1 is 1.15 bits per heavy atom. The first-order valence-electron chi connectivity index (χ1n) is 2.82. The first kappa shape index (κ1) is 15.1. The molecule has 0 aliphatic carbocycles. The topological polar surface area (TPSA) is 57.2 Å². The zero-order valence-electron chi connectivity index (χ0n) is 6.62. The number of hydrogen-bond donors (Lipinski definition) is 0. The molecular formula is C6H3Br2CsO3S. The minimum absolute atomic E-state index is 0. The second-order valence-electron chi connectivity index (χ2n) is 2.03. The van der Waals surface area contributed by atoms with Gasteiger partial charge in [-0.15, -0.1) is 0 Å². The van der Waals surface area contributed by atoms with Crippen LogP contribution in [0.1, 0.15) is 0 Å². The van der Waals surface area contributed by atoms with Crippen molar-refractivity contribution in [1.29, 1.82) is 0 Å². The molecule has 3 nitrogen and oxygen atoms in total. The largest absolute Gasteiger partial charge is 1.00 e. The van der Waals surface area contributed by atoms with Crippen molar-refractivity contribution in [2.24, 2.45) is 0 Å². The predicted octanol–water partition coefficient (Wildman–Crippen LogP) is -0.880. The molecule has 0 saturated heterocycles. The SMILES string of the molecule is O=S(=O)([O-])c1ccc(Br)c(Br)c1.[Cs+]. The molecule has 1 aromatic carbocycles. The quantitative estimate of drug-likeness (QED) is 0.525. The van der Waals surface area contributed by atoms with E-state index in [0.717, 1.165) is 0 Å². The first-order chi connectivity index (χ1) is 5.41. The Balaban J connectivity index is 0.00000144. The van der Waals surface area contributed by atoms with Crippen molar-refractivity contribution in [3.8, 4) is 0 Å². The fourth-order valence-corrected chi connectivity index (χ4v) is 1.91. The molecule has 0 unspecified atom stereocenters. The van der Waals surface area contributed by atoms with Gasteiger partial charge in [-0.05, 0) is 50.1 Å². The molecule has 0 heterocycles. The summed E-state index contributed by atoms with van der Waals surface area (Å²) in [6.07, 6.45) is 0. The van der Waals surface area contributed by atoms with Crippen molar-refractivity contribution < 1.29 is 81.9 Å². The van der Waals surface area contributed by atoms with E-state index in [2.05, 4.69) is 31.9 Å². The number of halogens is 2. The monoisotopic (exact) mass is 446 g/mol. The third-order valence-corrected chi connectivity index (χ3v) is 3.89. The summed E-state index contributed by atoms with van der Waals surface area (Å²) in [6.45, 7) is 0. The maximum absolute atomic E-state index is 10.5. The Bertz CT molecular complexity index is 404. The molecule has 0 aliphatic rings. The maximum atomic E-state index is 10.5. The Kier molecular flexibility index (Phi) is 7.01. The summed E-state index contributed by atoms with van der Waals surface area (Å²) in [5.74, 6) is 0. The summed E-state index contributed by atoms with van der Waals surface area (Å²) in [7, 11) is -4.34. The van der Waals surface area contributed by atoms with E-state index in [1.54, 1.807) is 0 Å². The summed E-state index contributed by atoms with van der Waals surface area (Å²) >= 11 is 6.24. The second kappa shape index (κ2) is 6.02. The number of benzene rings is 1. The molecule has 66 valence electrons.